The first-order valence-electron chi connectivity index (χ1n) is 3.41. The van der Waals surface area contributed by atoms with Gasteiger partial charge in [-0.2, -0.15) is 10.5 Å². The van der Waals surface area contributed by atoms with Crippen LogP contribution in [0.1, 0.15) is 11.1 Å². The molecule has 0 fully saturated rings. The molecular formula is C8H3N3O3. The molecule has 0 aliphatic heterocycles. The second-order valence-electron chi connectivity index (χ2n) is 2.37. The summed E-state index contributed by atoms with van der Waals surface area (Å²) in [7, 11) is 0. The molecule has 68 valence electrons. The molecule has 6 heteroatoms. The van der Waals surface area contributed by atoms with E-state index >= 15 is 0 Å². The molecule has 1 aromatic carbocycles. The molecule has 1 aromatic rings. The molecule has 6 nitrogen and oxygen atoms in total. The molecular weight excluding hydrogens is 186 g/mol. The first-order valence-corrected chi connectivity index (χ1v) is 3.41. The van der Waals surface area contributed by atoms with E-state index in [9.17, 15) is 15.2 Å². The first kappa shape index (κ1) is 9.49. The number of aromatic hydroxyl groups is 1. The molecule has 0 heterocycles. The first-order chi connectivity index (χ1) is 6.60. The summed E-state index contributed by atoms with van der Waals surface area (Å²) in [5, 5.41) is 36.6. The molecule has 0 aliphatic carbocycles. The van der Waals surface area contributed by atoms with Gasteiger partial charge in [0.2, 0.25) is 5.75 Å². The topological polar surface area (TPSA) is 111 Å². The zero-order valence-electron chi connectivity index (χ0n) is 6.76. The molecule has 1 N–H and O–H groups in total. The van der Waals surface area contributed by atoms with Crippen molar-refractivity contribution in [2.45, 2.75) is 0 Å². The third-order valence-electron chi connectivity index (χ3n) is 1.54. The molecule has 0 unspecified atom stereocenters. The third-order valence-corrected chi connectivity index (χ3v) is 1.54. The lowest BCUT2D eigenvalue weighted by molar-refractivity contribution is -0.385. The van der Waals surface area contributed by atoms with Crippen molar-refractivity contribution in [1.82, 2.24) is 0 Å². The Balaban J connectivity index is 3.54. The number of nitro groups is 1. The zero-order valence-corrected chi connectivity index (χ0v) is 6.76. The second kappa shape index (κ2) is 3.42. The zero-order chi connectivity index (χ0) is 10.7. The van der Waals surface area contributed by atoms with Crippen LogP contribution in [0.2, 0.25) is 0 Å². The molecule has 0 atom stereocenters. The molecule has 0 aromatic heterocycles. The summed E-state index contributed by atoms with van der Waals surface area (Å²) in [6.45, 7) is 0. The molecule has 0 radical (unpaired) electrons. The highest BCUT2D eigenvalue weighted by Crippen LogP contribution is 2.30. The number of nitrogens with zero attached hydrogens (tertiary/aromatic N) is 3. The fourth-order valence-electron chi connectivity index (χ4n) is 0.908. The van der Waals surface area contributed by atoms with Crippen molar-refractivity contribution in [2.75, 3.05) is 0 Å². The molecule has 0 aliphatic rings. The smallest absolute Gasteiger partial charge is 0.313 e. The number of nitro benzene ring substituents is 1. The van der Waals surface area contributed by atoms with Crippen molar-refractivity contribution in [3.63, 3.8) is 0 Å². The van der Waals surface area contributed by atoms with E-state index in [1.807, 2.05) is 0 Å². The Bertz CT molecular complexity index is 482. The number of hydrogen-bond donors (Lipinski definition) is 1. The minimum Gasteiger partial charge on any atom is -0.501 e. The SMILES string of the molecule is N#Cc1cc(C#N)c(O)c([N+](=O)[O-])c1. The Labute approximate surface area is 78.4 Å². The van der Waals surface area contributed by atoms with Gasteiger partial charge >= 0.3 is 5.69 Å². The van der Waals surface area contributed by atoms with Crippen molar-refractivity contribution in [1.29, 1.82) is 10.5 Å². The van der Waals surface area contributed by atoms with Gasteiger partial charge in [0.15, 0.2) is 0 Å². The predicted octanol–water partition coefficient (Wildman–Crippen LogP) is 1.04. The lowest BCUT2D eigenvalue weighted by atomic mass is 10.1. The molecule has 0 amide bonds. The van der Waals surface area contributed by atoms with E-state index in [4.69, 9.17) is 10.5 Å². The lowest BCUT2D eigenvalue weighted by Gasteiger charge is -1.97. The average molecular weight is 189 g/mol. The summed E-state index contributed by atoms with van der Waals surface area (Å²) in [6, 6.07) is 5.22. The summed E-state index contributed by atoms with van der Waals surface area (Å²) in [6.07, 6.45) is 0. The van der Waals surface area contributed by atoms with Crippen molar-refractivity contribution < 1.29 is 10.0 Å². The van der Waals surface area contributed by atoms with Gasteiger partial charge in [-0.05, 0) is 6.07 Å². The number of phenols is 1. The maximum atomic E-state index is 10.4. The number of hydrogen-bond acceptors (Lipinski definition) is 5. The second-order valence-corrected chi connectivity index (χ2v) is 2.37. The average Bonchev–Trinajstić information content (AvgIpc) is 2.17. The number of phenolic OH excluding ortho intramolecular Hbond substituents is 1. The summed E-state index contributed by atoms with van der Waals surface area (Å²) in [5.74, 6) is -0.712. The van der Waals surface area contributed by atoms with Gasteiger partial charge in [0.1, 0.15) is 11.6 Å². The van der Waals surface area contributed by atoms with Gasteiger partial charge < -0.3 is 5.11 Å². The maximum Gasteiger partial charge on any atom is 0.313 e. The van der Waals surface area contributed by atoms with E-state index in [0.717, 1.165) is 12.1 Å². The van der Waals surface area contributed by atoms with Crippen LogP contribution in [0.5, 0.6) is 5.75 Å². The van der Waals surface area contributed by atoms with Crippen LogP contribution < -0.4 is 0 Å². The number of benzene rings is 1. The fraction of sp³-hybridized carbons (Fsp3) is 0. The highest BCUT2D eigenvalue weighted by Gasteiger charge is 2.18. The summed E-state index contributed by atoms with van der Waals surface area (Å²) < 4.78 is 0. The maximum absolute atomic E-state index is 10.4. The van der Waals surface area contributed by atoms with Crippen LogP contribution in [0.4, 0.5) is 5.69 Å². The van der Waals surface area contributed by atoms with Gasteiger partial charge in [-0.1, -0.05) is 0 Å². The normalized spacial score (nSPS) is 8.71. The Morgan fingerprint density at radius 1 is 1.36 bits per heavy atom. The third kappa shape index (κ3) is 1.45. The summed E-state index contributed by atoms with van der Waals surface area (Å²) >= 11 is 0. The van der Waals surface area contributed by atoms with Gasteiger partial charge in [0.25, 0.3) is 0 Å². The highest BCUT2D eigenvalue weighted by molar-refractivity contribution is 5.59. The number of rotatable bonds is 1. The van der Waals surface area contributed by atoms with Crippen LogP contribution in [0, 0.1) is 32.8 Å². The summed E-state index contributed by atoms with van der Waals surface area (Å²) in [4.78, 5) is 9.53. The van der Waals surface area contributed by atoms with Gasteiger partial charge in [-0.15, -0.1) is 0 Å². The van der Waals surface area contributed by atoms with E-state index in [2.05, 4.69) is 0 Å². The van der Waals surface area contributed by atoms with E-state index in [1.54, 1.807) is 12.1 Å². The van der Waals surface area contributed by atoms with E-state index in [-0.39, 0.29) is 11.1 Å². The minimum absolute atomic E-state index is 0.0361. The van der Waals surface area contributed by atoms with Crippen LogP contribution in [0.3, 0.4) is 0 Å². The quantitative estimate of drug-likeness (QED) is 0.524. The Hall–Kier alpha value is -2.60. The van der Waals surface area contributed by atoms with Crippen LogP contribution >= 0.6 is 0 Å². The van der Waals surface area contributed by atoms with Crippen LogP contribution in [0.25, 0.3) is 0 Å². The molecule has 1 rings (SSSR count). The van der Waals surface area contributed by atoms with Crippen LogP contribution in [-0.4, -0.2) is 10.0 Å². The lowest BCUT2D eigenvalue weighted by Crippen LogP contribution is -1.92. The van der Waals surface area contributed by atoms with Gasteiger partial charge in [0.05, 0.1) is 16.6 Å². The Morgan fingerprint density at radius 3 is 2.43 bits per heavy atom. The van der Waals surface area contributed by atoms with Crippen molar-refractivity contribution >= 4 is 5.69 Å². The van der Waals surface area contributed by atoms with Crippen LogP contribution in [0.15, 0.2) is 12.1 Å². The molecule has 14 heavy (non-hydrogen) atoms. The molecule has 0 bridgehead atoms. The molecule has 0 saturated heterocycles. The Kier molecular flexibility index (Phi) is 2.32. The fourth-order valence-corrected chi connectivity index (χ4v) is 0.908. The van der Waals surface area contributed by atoms with E-state index in [0.29, 0.717) is 0 Å². The van der Waals surface area contributed by atoms with Crippen molar-refractivity contribution in [3.8, 4) is 17.9 Å². The largest absolute Gasteiger partial charge is 0.501 e. The molecule has 0 saturated carbocycles. The van der Waals surface area contributed by atoms with E-state index < -0.39 is 16.4 Å². The molecule has 0 spiro atoms. The van der Waals surface area contributed by atoms with Crippen molar-refractivity contribution in [2.24, 2.45) is 0 Å². The minimum atomic E-state index is -0.850. The predicted molar refractivity (Wildman–Crippen MR) is 44.2 cm³/mol. The highest BCUT2D eigenvalue weighted by atomic mass is 16.6. The number of nitriles is 2. The van der Waals surface area contributed by atoms with Gasteiger partial charge in [0, 0.05) is 6.07 Å². The van der Waals surface area contributed by atoms with Crippen molar-refractivity contribution in [3.05, 3.63) is 33.4 Å². The van der Waals surface area contributed by atoms with Gasteiger partial charge in [-0.25, -0.2) is 0 Å². The Morgan fingerprint density at radius 2 is 2.00 bits per heavy atom. The van der Waals surface area contributed by atoms with Crippen LogP contribution in [-0.2, 0) is 0 Å². The van der Waals surface area contributed by atoms with E-state index in [1.165, 1.54) is 0 Å². The standard InChI is InChI=1S/C8H3N3O3/c9-3-5-1-6(4-10)8(12)7(2-5)11(13)14/h1-2,12H. The summed E-state index contributed by atoms with van der Waals surface area (Å²) in [5.41, 5.74) is -0.956. The monoisotopic (exact) mass is 189 g/mol. The van der Waals surface area contributed by atoms with Gasteiger partial charge in [-0.3, -0.25) is 10.1 Å².